The molecule has 118 valence electrons. The first kappa shape index (κ1) is 16.2. The van der Waals surface area contributed by atoms with Gasteiger partial charge in [0.25, 0.3) is 0 Å². The number of anilines is 2. The van der Waals surface area contributed by atoms with Gasteiger partial charge in [-0.1, -0.05) is 34.1 Å². The number of benzene rings is 2. The van der Waals surface area contributed by atoms with Crippen LogP contribution in [-0.2, 0) is 9.59 Å². The van der Waals surface area contributed by atoms with Crippen LogP contribution >= 0.6 is 31.9 Å². The Bertz CT molecular complexity index is 750. The molecule has 1 aliphatic rings. The molecule has 1 heterocycles. The molecule has 1 saturated heterocycles. The van der Waals surface area contributed by atoms with E-state index >= 15 is 0 Å². The molecule has 2 amide bonds. The van der Waals surface area contributed by atoms with Gasteiger partial charge in [0.15, 0.2) is 0 Å². The number of amides is 2. The van der Waals surface area contributed by atoms with Crippen LogP contribution in [0.15, 0.2) is 57.5 Å². The second-order valence-corrected chi connectivity index (χ2v) is 7.12. The van der Waals surface area contributed by atoms with Gasteiger partial charge < -0.3 is 10.2 Å². The van der Waals surface area contributed by atoms with Crippen LogP contribution in [0.3, 0.4) is 0 Å². The molecule has 3 rings (SSSR count). The molecule has 0 spiro atoms. The highest BCUT2D eigenvalue weighted by Gasteiger charge is 2.35. The fourth-order valence-corrected chi connectivity index (χ4v) is 3.71. The van der Waals surface area contributed by atoms with Gasteiger partial charge in [-0.25, -0.2) is 0 Å². The van der Waals surface area contributed by atoms with Crippen LogP contribution in [-0.4, -0.2) is 18.4 Å². The molecule has 1 N–H and O–H groups in total. The van der Waals surface area contributed by atoms with E-state index in [0.29, 0.717) is 12.2 Å². The Labute approximate surface area is 151 Å². The molecule has 2 aromatic carbocycles. The van der Waals surface area contributed by atoms with Gasteiger partial charge in [0.2, 0.25) is 11.8 Å². The number of rotatable bonds is 3. The van der Waals surface area contributed by atoms with E-state index in [1.54, 1.807) is 4.90 Å². The van der Waals surface area contributed by atoms with Crippen LogP contribution in [0.5, 0.6) is 0 Å². The lowest BCUT2D eigenvalue weighted by Gasteiger charge is -2.16. The topological polar surface area (TPSA) is 49.4 Å². The largest absolute Gasteiger partial charge is 0.325 e. The Kier molecular flexibility index (Phi) is 4.82. The van der Waals surface area contributed by atoms with Crippen molar-refractivity contribution in [3.05, 3.63) is 57.5 Å². The zero-order valence-corrected chi connectivity index (χ0v) is 15.3. The standard InChI is InChI=1S/C17H14Br2N2O2/c18-12-6-7-15(14(19)9-12)20-17(23)11-8-16(22)21(10-11)13-4-2-1-3-5-13/h1-7,9,11H,8,10H2,(H,20,23)/t11-/m1/s1. The summed E-state index contributed by atoms with van der Waals surface area (Å²) in [5.41, 5.74) is 1.53. The van der Waals surface area contributed by atoms with Gasteiger partial charge in [-0.3, -0.25) is 9.59 Å². The molecule has 0 aromatic heterocycles. The summed E-state index contributed by atoms with van der Waals surface area (Å²) in [6.07, 6.45) is 0.231. The third-order valence-corrected chi connectivity index (χ3v) is 4.90. The number of nitrogens with one attached hydrogen (secondary N) is 1. The molecule has 4 nitrogen and oxygen atoms in total. The van der Waals surface area contributed by atoms with Gasteiger partial charge in [-0.15, -0.1) is 0 Å². The highest BCUT2D eigenvalue weighted by molar-refractivity contribution is 9.11. The molecule has 23 heavy (non-hydrogen) atoms. The van der Waals surface area contributed by atoms with Gasteiger partial charge in [0.05, 0.1) is 11.6 Å². The van der Waals surface area contributed by atoms with Crippen molar-refractivity contribution >= 4 is 55.0 Å². The quantitative estimate of drug-likeness (QED) is 0.782. The monoisotopic (exact) mass is 436 g/mol. The minimum atomic E-state index is -0.349. The summed E-state index contributed by atoms with van der Waals surface area (Å²) in [4.78, 5) is 26.3. The fourth-order valence-electron chi connectivity index (χ4n) is 2.57. The summed E-state index contributed by atoms with van der Waals surface area (Å²) in [5, 5.41) is 2.89. The molecule has 6 heteroatoms. The van der Waals surface area contributed by atoms with Crippen molar-refractivity contribution in [1.29, 1.82) is 0 Å². The van der Waals surface area contributed by atoms with Crippen LogP contribution in [0.25, 0.3) is 0 Å². The van der Waals surface area contributed by atoms with E-state index in [2.05, 4.69) is 37.2 Å². The minimum Gasteiger partial charge on any atom is -0.325 e. The Hall–Kier alpha value is -1.66. The predicted octanol–water partition coefficient (Wildman–Crippen LogP) is 4.20. The van der Waals surface area contributed by atoms with Crippen LogP contribution in [0, 0.1) is 5.92 Å². The first-order valence-electron chi connectivity index (χ1n) is 7.16. The van der Waals surface area contributed by atoms with Crippen LogP contribution in [0.1, 0.15) is 6.42 Å². The average molecular weight is 438 g/mol. The summed E-state index contributed by atoms with van der Waals surface area (Å²) < 4.78 is 1.72. The van der Waals surface area contributed by atoms with Gasteiger partial charge in [0.1, 0.15) is 0 Å². The average Bonchev–Trinajstić information content (AvgIpc) is 2.93. The normalized spacial score (nSPS) is 17.4. The van der Waals surface area contributed by atoms with E-state index < -0.39 is 0 Å². The summed E-state index contributed by atoms with van der Waals surface area (Å²) in [6, 6.07) is 15.0. The van der Waals surface area contributed by atoms with E-state index in [-0.39, 0.29) is 24.2 Å². The molecule has 0 aliphatic carbocycles. The summed E-state index contributed by atoms with van der Waals surface area (Å²) in [7, 11) is 0. The Morgan fingerprint density at radius 2 is 1.87 bits per heavy atom. The van der Waals surface area contributed by atoms with E-state index in [1.165, 1.54) is 0 Å². The minimum absolute atomic E-state index is 0.0220. The fraction of sp³-hybridized carbons (Fsp3) is 0.176. The highest BCUT2D eigenvalue weighted by atomic mass is 79.9. The molecule has 0 saturated carbocycles. The van der Waals surface area contributed by atoms with Crippen molar-refractivity contribution in [1.82, 2.24) is 0 Å². The number of carbonyl (C=O) groups is 2. The molecule has 1 fully saturated rings. The zero-order valence-electron chi connectivity index (χ0n) is 12.1. The molecule has 1 atom stereocenters. The number of carbonyl (C=O) groups excluding carboxylic acids is 2. The summed E-state index contributed by atoms with van der Waals surface area (Å²) in [5.74, 6) is -0.510. The Balaban J connectivity index is 1.71. The molecule has 0 radical (unpaired) electrons. The molecule has 2 aromatic rings. The van der Waals surface area contributed by atoms with Crippen LogP contribution in [0.4, 0.5) is 11.4 Å². The van der Waals surface area contributed by atoms with Gasteiger partial charge in [0, 0.05) is 27.6 Å². The molecule has 0 unspecified atom stereocenters. The molecule has 0 bridgehead atoms. The number of hydrogen-bond acceptors (Lipinski definition) is 2. The van der Waals surface area contributed by atoms with Gasteiger partial charge in [-0.05, 0) is 46.3 Å². The van der Waals surface area contributed by atoms with Crippen LogP contribution < -0.4 is 10.2 Å². The number of halogens is 2. The summed E-state index contributed by atoms with van der Waals surface area (Å²) in [6.45, 7) is 0.406. The Morgan fingerprint density at radius 1 is 1.13 bits per heavy atom. The first-order valence-corrected chi connectivity index (χ1v) is 8.74. The van der Waals surface area contributed by atoms with Crippen molar-refractivity contribution in [2.75, 3.05) is 16.8 Å². The van der Waals surface area contributed by atoms with Crippen molar-refractivity contribution in [3.8, 4) is 0 Å². The van der Waals surface area contributed by atoms with E-state index in [1.807, 2.05) is 48.5 Å². The maximum absolute atomic E-state index is 12.5. The Morgan fingerprint density at radius 3 is 2.57 bits per heavy atom. The highest BCUT2D eigenvalue weighted by Crippen LogP contribution is 2.29. The van der Waals surface area contributed by atoms with Crippen molar-refractivity contribution in [2.45, 2.75) is 6.42 Å². The number of nitrogens with zero attached hydrogens (tertiary/aromatic N) is 1. The molecular formula is C17H14Br2N2O2. The third kappa shape index (κ3) is 3.64. The number of hydrogen-bond donors (Lipinski definition) is 1. The number of para-hydroxylation sites is 1. The van der Waals surface area contributed by atoms with Gasteiger partial charge in [-0.2, -0.15) is 0 Å². The second-order valence-electron chi connectivity index (χ2n) is 5.35. The van der Waals surface area contributed by atoms with Crippen molar-refractivity contribution in [3.63, 3.8) is 0 Å². The lowest BCUT2D eigenvalue weighted by atomic mass is 10.1. The molecular weight excluding hydrogens is 424 g/mol. The van der Waals surface area contributed by atoms with Gasteiger partial charge >= 0.3 is 0 Å². The van der Waals surface area contributed by atoms with Crippen molar-refractivity contribution in [2.24, 2.45) is 5.92 Å². The van der Waals surface area contributed by atoms with E-state index in [9.17, 15) is 9.59 Å². The molecule has 1 aliphatic heterocycles. The SMILES string of the molecule is O=C(Nc1ccc(Br)cc1Br)[C@@H]1CC(=O)N(c2ccccc2)C1. The maximum Gasteiger partial charge on any atom is 0.229 e. The van der Waals surface area contributed by atoms with Crippen molar-refractivity contribution < 1.29 is 9.59 Å². The zero-order chi connectivity index (χ0) is 16.4. The third-order valence-electron chi connectivity index (χ3n) is 3.75. The first-order chi connectivity index (χ1) is 11.0. The maximum atomic E-state index is 12.5. The predicted molar refractivity (Wildman–Crippen MR) is 97.4 cm³/mol. The lowest BCUT2D eigenvalue weighted by Crippen LogP contribution is -2.28. The summed E-state index contributed by atoms with van der Waals surface area (Å²) >= 11 is 6.80. The smallest absolute Gasteiger partial charge is 0.229 e. The van der Waals surface area contributed by atoms with E-state index in [0.717, 1.165) is 14.6 Å². The second kappa shape index (κ2) is 6.84. The van der Waals surface area contributed by atoms with E-state index in [4.69, 9.17) is 0 Å². The lowest BCUT2D eigenvalue weighted by molar-refractivity contribution is -0.122. The van der Waals surface area contributed by atoms with Crippen LogP contribution in [0.2, 0.25) is 0 Å².